The van der Waals surface area contributed by atoms with Crippen LogP contribution in [-0.4, -0.2) is 22.5 Å². The first-order valence-electron chi connectivity index (χ1n) is 7.21. The van der Waals surface area contributed by atoms with E-state index in [0.717, 1.165) is 18.5 Å². The highest BCUT2D eigenvalue weighted by Gasteiger charge is 2.37. The second kappa shape index (κ2) is 4.13. The Hall–Kier alpha value is -1.28. The Morgan fingerprint density at radius 2 is 2.17 bits per heavy atom. The van der Waals surface area contributed by atoms with Gasteiger partial charge in [0.05, 0.1) is 0 Å². The van der Waals surface area contributed by atoms with E-state index in [9.17, 15) is 0 Å². The van der Waals surface area contributed by atoms with Gasteiger partial charge in [0.15, 0.2) is 0 Å². The van der Waals surface area contributed by atoms with E-state index in [-0.39, 0.29) is 0 Å². The summed E-state index contributed by atoms with van der Waals surface area (Å²) < 4.78 is 0. The largest absolute Gasteiger partial charge is 0.361 e. The third kappa shape index (κ3) is 1.59. The Morgan fingerprint density at radius 3 is 3.17 bits per heavy atom. The molecule has 2 heteroatoms. The molecule has 1 aliphatic heterocycles. The number of benzene rings is 1. The lowest BCUT2D eigenvalue weighted by molar-refractivity contribution is 0.234. The van der Waals surface area contributed by atoms with Crippen LogP contribution in [-0.2, 0) is 6.54 Å². The molecule has 0 spiro atoms. The first kappa shape index (κ1) is 10.6. The Kier molecular flexibility index (Phi) is 2.44. The topological polar surface area (TPSA) is 19.0 Å². The number of nitrogens with zero attached hydrogens (tertiary/aromatic N) is 1. The average molecular weight is 240 g/mol. The van der Waals surface area contributed by atoms with Crippen LogP contribution in [0.1, 0.15) is 31.2 Å². The Bertz CT molecular complexity index is 557. The van der Waals surface area contributed by atoms with Gasteiger partial charge in [-0.2, -0.15) is 0 Å². The van der Waals surface area contributed by atoms with E-state index >= 15 is 0 Å². The molecule has 1 aromatic carbocycles. The zero-order valence-electron chi connectivity index (χ0n) is 10.7. The van der Waals surface area contributed by atoms with Gasteiger partial charge in [-0.25, -0.2) is 0 Å². The van der Waals surface area contributed by atoms with Crippen molar-refractivity contribution in [3.63, 3.8) is 0 Å². The van der Waals surface area contributed by atoms with Crippen LogP contribution in [0.15, 0.2) is 30.5 Å². The molecule has 1 saturated heterocycles. The van der Waals surface area contributed by atoms with Gasteiger partial charge in [-0.05, 0) is 49.4 Å². The monoisotopic (exact) mass is 240 g/mol. The number of nitrogens with one attached hydrogen (secondary N) is 1. The van der Waals surface area contributed by atoms with Crippen molar-refractivity contribution in [1.29, 1.82) is 0 Å². The third-order valence-electron chi connectivity index (χ3n) is 4.93. The molecule has 2 aromatic rings. The van der Waals surface area contributed by atoms with Crippen LogP contribution < -0.4 is 0 Å². The van der Waals surface area contributed by atoms with Crippen LogP contribution in [0.3, 0.4) is 0 Å². The van der Waals surface area contributed by atoms with E-state index in [4.69, 9.17) is 0 Å². The predicted molar refractivity (Wildman–Crippen MR) is 74.5 cm³/mol. The molecule has 0 bridgehead atoms. The Morgan fingerprint density at radius 1 is 1.17 bits per heavy atom. The molecule has 1 N–H and O–H groups in total. The van der Waals surface area contributed by atoms with Crippen LogP contribution in [0.4, 0.5) is 0 Å². The van der Waals surface area contributed by atoms with Gasteiger partial charge in [0.2, 0.25) is 0 Å². The van der Waals surface area contributed by atoms with Crippen molar-refractivity contribution < 1.29 is 0 Å². The van der Waals surface area contributed by atoms with Crippen molar-refractivity contribution in [3.05, 3.63) is 36.0 Å². The summed E-state index contributed by atoms with van der Waals surface area (Å²) in [4.78, 5) is 6.03. The molecule has 18 heavy (non-hydrogen) atoms. The second-order valence-corrected chi connectivity index (χ2v) is 5.87. The molecular formula is C16H20N2. The zero-order valence-corrected chi connectivity index (χ0v) is 10.7. The van der Waals surface area contributed by atoms with E-state index in [0.29, 0.717) is 0 Å². The van der Waals surface area contributed by atoms with Crippen molar-refractivity contribution in [2.75, 3.05) is 6.54 Å². The van der Waals surface area contributed by atoms with E-state index < -0.39 is 0 Å². The van der Waals surface area contributed by atoms with Gasteiger partial charge in [-0.15, -0.1) is 0 Å². The first-order valence-corrected chi connectivity index (χ1v) is 7.21. The lowest BCUT2D eigenvalue weighted by Crippen LogP contribution is -2.29. The molecule has 2 heterocycles. The maximum atomic E-state index is 3.31. The molecule has 2 atom stereocenters. The summed E-state index contributed by atoms with van der Waals surface area (Å²) in [5.74, 6) is 0.996. The molecule has 0 amide bonds. The van der Waals surface area contributed by atoms with Gasteiger partial charge in [-0.1, -0.05) is 18.6 Å². The molecule has 0 radical (unpaired) electrons. The molecule has 2 fully saturated rings. The van der Waals surface area contributed by atoms with Crippen molar-refractivity contribution in [3.8, 4) is 0 Å². The van der Waals surface area contributed by atoms with Crippen LogP contribution >= 0.6 is 0 Å². The zero-order chi connectivity index (χ0) is 11.9. The molecule has 1 saturated carbocycles. The second-order valence-electron chi connectivity index (χ2n) is 5.87. The molecule has 0 unspecified atom stereocenters. The van der Waals surface area contributed by atoms with Gasteiger partial charge in [0.1, 0.15) is 0 Å². The highest BCUT2D eigenvalue weighted by Crippen LogP contribution is 2.38. The third-order valence-corrected chi connectivity index (χ3v) is 4.93. The summed E-state index contributed by atoms with van der Waals surface area (Å²) >= 11 is 0. The number of aromatic amines is 1. The van der Waals surface area contributed by atoms with Crippen LogP contribution in [0.2, 0.25) is 0 Å². The standard InChI is InChI=1S/C16H20N2/c1-4-13(14-7-9-17-15(14)5-1)11-18-10-8-12-3-2-6-16(12)18/h1,4-5,7,9,12,16-17H,2-3,6,8,10-11H2/t12-,16-/m1/s1. The van der Waals surface area contributed by atoms with Crippen LogP contribution in [0, 0.1) is 5.92 Å². The number of hydrogen-bond donors (Lipinski definition) is 1. The minimum absolute atomic E-state index is 0.874. The molecule has 2 aliphatic rings. The molecule has 1 aromatic heterocycles. The van der Waals surface area contributed by atoms with Gasteiger partial charge in [0.25, 0.3) is 0 Å². The normalized spacial score (nSPS) is 28.0. The molecule has 1 aliphatic carbocycles. The van der Waals surface area contributed by atoms with Gasteiger partial charge >= 0.3 is 0 Å². The van der Waals surface area contributed by atoms with E-state index in [1.807, 2.05) is 0 Å². The summed E-state index contributed by atoms with van der Waals surface area (Å²) in [5.41, 5.74) is 2.76. The fraction of sp³-hybridized carbons (Fsp3) is 0.500. The summed E-state index contributed by atoms with van der Waals surface area (Å²) in [6, 6.07) is 9.72. The minimum Gasteiger partial charge on any atom is -0.361 e. The fourth-order valence-electron chi connectivity index (χ4n) is 4.04. The van der Waals surface area contributed by atoms with Crippen molar-refractivity contribution in [1.82, 2.24) is 9.88 Å². The number of aromatic nitrogens is 1. The summed E-state index contributed by atoms with van der Waals surface area (Å²) in [7, 11) is 0. The van der Waals surface area contributed by atoms with Crippen LogP contribution in [0.25, 0.3) is 10.9 Å². The molecular weight excluding hydrogens is 220 g/mol. The SMILES string of the molecule is c1cc(CN2CC[C@H]3CCC[C@H]32)c2cc[nH]c2c1. The number of likely N-dealkylation sites (tertiary alicyclic amines) is 1. The minimum atomic E-state index is 0.874. The summed E-state index contributed by atoms with van der Waals surface area (Å²) in [6.45, 7) is 2.44. The number of H-pyrrole nitrogens is 1. The van der Waals surface area contributed by atoms with E-state index in [2.05, 4.69) is 40.3 Å². The van der Waals surface area contributed by atoms with E-state index in [1.54, 1.807) is 0 Å². The number of fused-ring (bicyclic) bond motifs is 2. The fourth-order valence-corrected chi connectivity index (χ4v) is 4.04. The van der Waals surface area contributed by atoms with Crippen molar-refractivity contribution >= 4 is 10.9 Å². The summed E-state index contributed by atoms with van der Waals surface area (Å²) in [5, 5.41) is 1.40. The Labute approximate surface area is 108 Å². The highest BCUT2D eigenvalue weighted by atomic mass is 15.2. The molecule has 2 nitrogen and oxygen atoms in total. The van der Waals surface area contributed by atoms with Crippen LogP contribution in [0.5, 0.6) is 0 Å². The average Bonchev–Trinajstić information content (AvgIpc) is 3.06. The first-order chi connectivity index (χ1) is 8.92. The molecule has 4 rings (SSSR count). The smallest absolute Gasteiger partial charge is 0.0457 e. The van der Waals surface area contributed by atoms with Crippen molar-refractivity contribution in [2.24, 2.45) is 5.92 Å². The highest BCUT2D eigenvalue weighted by molar-refractivity contribution is 5.82. The van der Waals surface area contributed by atoms with Gasteiger partial charge in [0, 0.05) is 29.7 Å². The molecule has 94 valence electrons. The van der Waals surface area contributed by atoms with Gasteiger partial charge in [-0.3, -0.25) is 4.90 Å². The number of hydrogen-bond acceptors (Lipinski definition) is 1. The van der Waals surface area contributed by atoms with E-state index in [1.165, 1.54) is 48.7 Å². The lowest BCUT2D eigenvalue weighted by Gasteiger charge is -2.24. The summed E-state index contributed by atoms with van der Waals surface area (Å²) in [6.07, 6.45) is 7.81. The maximum Gasteiger partial charge on any atom is 0.0457 e. The quantitative estimate of drug-likeness (QED) is 0.850. The predicted octanol–water partition coefficient (Wildman–Crippen LogP) is 3.54. The van der Waals surface area contributed by atoms with Crippen molar-refractivity contribution in [2.45, 2.75) is 38.3 Å². The lowest BCUT2D eigenvalue weighted by atomic mass is 10.0. The Balaban J connectivity index is 1.62. The number of rotatable bonds is 2. The van der Waals surface area contributed by atoms with Gasteiger partial charge < -0.3 is 4.98 Å². The maximum absolute atomic E-state index is 3.31.